The summed E-state index contributed by atoms with van der Waals surface area (Å²) in [6.45, 7) is 1.86. The molecule has 1 aliphatic carbocycles. The van der Waals surface area contributed by atoms with Crippen LogP contribution >= 0.6 is 0 Å². The number of hydrogen-bond acceptors (Lipinski definition) is 3. The number of sulfonamides is 1. The van der Waals surface area contributed by atoms with Crippen LogP contribution in [-0.2, 0) is 23.1 Å². The standard InChI is InChI=1S/C22H30N2O2S/c1-23-27(25,26)18-21-12-14-22(15-13-21)24(16-19-8-4-2-5-9-19)17-20-10-6-3-7-11-20/h2-11,21-23H,12-18H2,1H3/t21-,22-. The van der Waals surface area contributed by atoms with Gasteiger partial charge in [0.2, 0.25) is 10.0 Å². The number of nitrogens with zero attached hydrogens (tertiary/aromatic N) is 1. The molecule has 0 aliphatic heterocycles. The van der Waals surface area contributed by atoms with Gasteiger partial charge < -0.3 is 0 Å². The molecule has 27 heavy (non-hydrogen) atoms. The summed E-state index contributed by atoms with van der Waals surface area (Å²) in [6.07, 6.45) is 4.07. The zero-order valence-corrected chi connectivity index (χ0v) is 16.9. The third-order valence-corrected chi connectivity index (χ3v) is 7.09. The highest BCUT2D eigenvalue weighted by Crippen LogP contribution is 2.30. The SMILES string of the molecule is CNS(=O)(=O)C[C@H]1CC[C@H](N(Cc2ccccc2)Cc2ccccc2)CC1. The van der Waals surface area contributed by atoms with Crippen molar-refractivity contribution in [3.63, 3.8) is 0 Å². The van der Waals surface area contributed by atoms with Gasteiger partial charge in [-0.2, -0.15) is 0 Å². The molecule has 0 aromatic heterocycles. The van der Waals surface area contributed by atoms with Crippen molar-refractivity contribution in [1.29, 1.82) is 0 Å². The van der Waals surface area contributed by atoms with E-state index in [4.69, 9.17) is 0 Å². The number of benzene rings is 2. The van der Waals surface area contributed by atoms with E-state index in [9.17, 15) is 8.42 Å². The van der Waals surface area contributed by atoms with Gasteiger partial charge in [-0.15, -0.1) is 0 Å². The van der Waals surface area contributed by atoms with Gasteiger partial charge in [0.05, 0.1) is 5.75 Å². The molecule has 4 nitrogen and oxygen atoms in total. The zero-order valence-electron chi connectivity index (χ0n) is 16.0. The van der Waals surface area contributed by atoms with Gasteiger partial charge in [-0.05, 0) is 49.8 Å². The highest BCUT2D eigenvalue weighted by molar-refractivity contribution is 7.89. The zero-order chi connectivity index (χ0) is 19.1. The Kier molecular flexibility index (Phi) is 7.05. The van der Waals surface area contributed by atoms with E-state index >= 15 is 0 Å². The first kappa shape index (κ1) is 20.1. The molecule has 0 bridgehead atoms. The molecule has 2 aromatic carbocycles. The Bertz CT molecular complexity index is 744. The lowest BCUT2D eigenvalue weighted by Gasteiger charge is -2.37. The number of nitrogens with one attached hydrogen (secondary N) is 1. The Morgan fingerprint density at radius 2 is 1.33 bits per heavy atom. The fourth-order valence-electron chi connectivity index (χ4n) is 4.02. The topological polar surface area (TPSA) is 49.4 Å². The maximum atomic E-state index is 11.8. The Balaban J connectivity index is 1.66. The second kappa shape index (κ2) is 9.49. The molecule has 1 aliphatic rings. The first-order valence-corrected chi connectivity index (χ1v) is 11.4. The Hall–Kier alpha value is -1.69. The van der Waals surface area contributed by atoms with Crippen LogP contribution in [0.4, 0.5) is 0 Å². The van der Waals surface area contributed by atoms with Crippen LogP contribution in [0.5, 0.6) is 0 Å². The van der Waals surface area contributed by atoms with Crippen molar-refractivity contribution in [2.24, 2.45) is 5.92 Å². The van der Waals surface area contributed by atoms with Gasteiger partial charge >= 0.3 is 0 Å². The average molecular weight is 387 g/mol. The minimum absolute atomic E-state index is 0.258. The molecule has 0 spiro atoms. The molecule has 0 amide bonds. The molecule has 5 heteroatoms. The maximum absolute atomic E-state index is 11.8. The largest absolute Gasteiger partial charge is 0.292 e. The summed E-state index contributed by atoms with van der Waals surface area (Å²) < 4.78 is 26.1. The minimum atomic E-state index is -3.12. The van der Waals surface area contributed by atoms with Crippen LogP contribution < -0.4 is 4.72 Å². The quantitative estimate of drug-likeness (QED) is 0.751. The van der Waals surface area contributed by atoms with Gasteiger partial charge in [0.15, 0.2) is 0 Å². The molecule has 146 valence electrons. The van der Waals surface area contributed by atoms with Crippen molar-refractivity contribution in [3.8, 4) is 0 Å². The fourth-order valence-corrected chi connectivity index (χ4v) is 5.14. The van der Waals surface area contributed by atoms with Crippen LogP contribution in [0.2, 0.25) is 0 Å². The number of rotatable bonds is 8. The third-order valence-electron chi connectivity index (χ3n) is 5.56. The molecule has 0 heterocycles. The van der Waals surface area contributed by atoms with Crippen LogP contribution in [0.15, 0.2) is 60.7 Å². The molecule has 1 N–H and O–H groups in total. The van der Waals surface area contributed by atoms with Crippen molar-refractivity contribution in [2.75, 3.05) is 12.8 Å². The molecule has 2 aromatic rings. The summed E-state index contributed by atoms with van der Waals surface area (Å²) in [7, 11) is -1.62. The molecule has 1 saturated carbocycles. The molecule has 0 saturated heterocycles. The maximum Gasteiger partial charge on any atom is 0.211 e. The highest BCUT2D eigenvalue weighted by atomic mass is 32.2. The van der Waals surface area contributed by atoms with Gasteiger partial charge in [-0.1, -0.05) is 60.7 Å². The molecular weight excluding hydrogens is 356 g/mol. The summed E-state index contributed by atoms with van der Waals surface area (Å²) in [5.41, 5.74) is 2.65. The van der Waals surface area contributed by atoms with Crippen molar-refractivity contribution < 1.29 is 8.42 Å². The van der Waals surface area contributed by atoms with Gasteiger partial charge in [-0.3, -0.25) is 4.90 Å². The van der Waals surface area contributed by atoms with E-state index in [0.717, 1.165) is 38.8 Å². The Morgan fingerprint density at radius 3 is 1.78 bits per heavy atom. The van der Waals surface area contributed by atoms with Crippen molar-refractivity contribution in [2.45, 2.75) is 44.8 Å². The van der Waals surface area contributed by atoms with E-state index < -0.39 is 10.0 Å². The molecule has 1 fully saturated rings. The van der Waals surface area contributed by atoms with Gasteiger partial charge in [-0.25, -0.2) is 13.1 Å². The fraction of sp³-hybridized carbons (Fsp3) is 0.455. The average Bonchev–Trinajstić information content (AvgIpc) is 2.69. The van der Waals surface area contributed by atoms with Crippen LogP contribution in [0, 0.1) is 5.92 Å². The van der Waals surface area contributed by atoms with E-state index in [1.165, 1.54) is 18.2 Å². The smallest absolute Gasteiger partial charge is 0.211 e. The normalized spacial score (nSPS) is 20.7. The molecule has 0 unspecified atom stereocenters. The summed E-state index contributed by atoms with van der Waals surface area (Å²) in [5, 5.41) is 0. The monoisotopic (exact) mass is 386 g/mol. The highest BCUT2D eigenvalue weighted by Gasteiger charge is 2.28. The van der Waals surface area contributed by atoms with E-state index in [1.54, 1.807) is 0 Å². The lowest BCUT2D eigenvalue weighted by molar-refractivity contribution is 0.125. The molecule has 0 atom stereocenters. The molecule has 3 rings (SSSR count). The van der Waals surface area contributed by atoms with E-state index in [-0.39, 0.29) is 11.7 Å². The molecular formula is C22H30N2O2S. The summed E-state index contributed by atoms with van der Waals surface area (Å²) in [6, 6.07) is 21.7. The predicted octanol–water partition coefficient (Wildman–Crippen LogP) is 3.80. The summed E-state index contributed by atoms with van der Waals surface area (Å²) in [4.78, 5) is 2.56. The van der Waals surface area contributed by atoms with Crippen LogP contribution in [0.3, 0.4) is 0 Å². The second-order valence-corrected chi connectivity index (χ2v) is 9.51. The summed E-state index contributed by atoms with van der Waals surface area (Å²) >= 11 is 0. The lowest BCUT2D eigenvalue weighted by Crippen LogP contribution is -2.39. The van der Waals surface area contributed by atoms with E-state index in [1.807, 2.05) is 0 Å². The minimum Gasteiger partial charge on any atom is -0.292 e. The number of hydrogen-bond donors (Lipinski definition) is 1. The van der Waals surface area contributed by atoms with Crippen molar-refractivity contribution in [3.05, 3.63) is 71.8 Å². The van der Waals surface area contributed by atoms with Gasteiger partial charge in [0.1, 0.15) is 0 Å². The summed E-state index contributed by atoms with van der Waals surface area (Å²) in [5.74, 6) is 0.530. The van der Waals surface area contributed by atoms with E-state index in [0.29, 0.717) is 6.04 Å². The lowest BCUT2D eigenvalue weighted by atomic mass is 9.86. The first-order valence-electron chi connectivity index (χ1n) is 9.79. The van der Waals surface area contributed by atoms with Gasteiger partial charge in [0, 0.05) is 19.1 Å². The Morgan fingerprint density at radius 1 is 0.852 bits per heavy atom. The van der Waals surface area contributed by atoms with Crippen molar-refractivity contribution >= 4 is 10.0 Å². The second-order valence-electron chi connectivity index (χ2n) is 7.54. The van der Waals surface area contributed by atoms with Crippen molar-refractivity contribution in [1.82, 2.24) is 9.62 Å². The Labute approximate surface area is 163 Å². The predicted molar refractivity (Wildman–Crippen MR) is 111 cm³/mol. The molecule has 0 radical (unpaired) electrons. The first-order chi connectivity index (χ1) is 13.1. The van der Waals surface area contributed by atoms with Crippen LogP contribution in [-0.4, -0.2) is 32.2 Å². The van der Waals surface area contributed by atoms with Crippen LogP contribution in [0.25, 0.3) is 0 Å². The van der Waals surface area contributed by atoms with Crippen LogP contribution in [0.1, 0.15) is 36.8 Å². The third kappa shape index (κ3) is 6.16. The van der Waals surface area contributed by atoms with Gasteiger partial charge in [0.25, 0.3) is 0 Å². The van der Waals surface area contributed by atoms with E-state index in [2.05, 4.69) is 70.3 Å².